The molecule has 0 aliphatic carbocycles. The van der Waals surface area contributed by atoms with Crippen LogP contribution in [0.4, 0.5) is 22.0 Å². The van der Waals surface area contributed by atoms with Gasteiger partial charge in [0.1, 0.15) is 0 Å². The third-order valence-electron chi connectivity index (χ3n) is 1.85. The summed E-state index contributed by atoms with van der Waals surface area (Å²) in [6, 6.07) is 0. The number of hydrogen-bond donors (Lipinski definition) is 0. The summed E-state index contributed by atoms with van der Waals surface area (Å²) in [6.07, 6.45) is 0. The highest BCUT2D eigenvalue weighted by Gasteiger charge is 2.26. The van der Waals surface area contributed by atoms with Gasteiger partial charge in [-0.1, -0.05) is 6.58 Å². The molecule has 1 aromatic carbocycles. The maximum absolute atomic E-state index is 13.2. The smallest absolute Gasteiger partial charge is 0.228 e. The largest absolute Gasteiger partial charge is 0.459 e. The summed E-state index contributed by atoms with van der Waals surface area (Å²) < 4.78 is 68.0. The maximum Gasteiger partial charge on any atom is 0.228 e. The number of rotatable bonds is 3. The molecule has 0 fully saturated rings. The Balaban J connectivity index is 3.61. The molecule has 0 aliphatic rings. The van der Waals surface area contributed by atoms with Gasteiger partial charge >= 0.3 is 0 Å². The first-order valence-electron chi connectivity index (χ1n) is 4.12. The van der Waals surface area contributed by atoms with E-state index in [1.54, 1.807) is 0 Å². The molecule has 0 N–H and O–H groups in total. The summed E-state index contributed by atoms with van der Waals surface area (Å²) >= 11 is 0. The molecular formula is C10H7F5O. The van der Waals surface area contributed by atoms with Crippen molar-refractivity contribution in [2.45, 2.75) is 6.92 Å². The first kappa shape index (κ1) is 12.5. The van der Waals surface area contributed by atoms with Gasteiger partial charge < -0.3 is 4.74 Å². The van der Waals surface area contributed by atoms with Crippen LogP contribution in [0.5, 0.6) is 5.75 Å². The number of alkyl halides is 1. The summed E-state index contributed by atoms with van der Waals surface area (Å²) in [5, 5.41) is 0. The molecule has 88 valence electrons. The van der Waals surface area contributed by atoms with Gasteiger partial charge in [-0.05, 0) is 12.5 Å². The van der Waals surface area contributed by atoms with E-state index in [4.69, 9.17) is 0 Å². The zero-order valence-electron chi connectivity index (χ0n) is 8.21. The van der Waals surface area contributed by atoms with Gasteiger partial charge in [-0.25, -0.2) is 17.6 Å². The van der Waals surface area contributed by atoms with E-state index < -0.39 is 41.4 Å². The maximum atomic E-state index is 13.2. The fourth-order valence-electron chi connectivity index (χ4n) is 1.18. The van der Waals surface area contributed by atoms with Crippen LogP contribution in [0.1, 0.15) is 12.5 Å². The summed E-state index contributed by atoms with van der Waals surface area (Å²) in [5.41, 5.74) is -0.826. The van der Waals surface area contributed by atoms with Crippen molar-refractivity contribution in [3.8, 4) is 5.75 Å². The van der Waals surface area contributed by atoms with Crippen molar-refractivity contribution in [1.29, 1.82) is 0 Å². The van der Waals surface area contributed by atoms with E-state index in [2.05, 4.69) is 11.3 Å². The highest BCUT2D eigenvalue weighted by Crippen LogP contribution is 2.34. The van der Waals surface area contributed by atoms with Crippen molar-refractivity contribution in [3.05, 3.63) is 35.4 Å². The van der Waals surface area contributed by atoms with Crippen LogP contribution in [0.3, 0.4) is 0 Å². The topological polar surface area (TPSA) is 9.23 Å². The second-order valence-electron chi connectivity index (χ2n) is 2.99. The summed E-state index contributed by atoms with van der Waals surface area (Å²) in [5.74, 6) is -8.50. The van der Waals surface area contributed by atoms with Gasteiger partial charge in [-0.15, -0.1) is 0 Å². The lowest BCUT2D eigenvalue weighted by atomic mass is 10.1. The van der Waals surface area contributed by atoms with Gasteiger partial charge in [0.2, 0.25) is 18.5 Å². The van der Waals surface area contributed by atoms with Gasteiger partial charge in [0.15, 0.2) is 17.4 Å². The molecule has 0 bridgehead atoms. The fourth-order valence-corrected chi connectivity index (χ4v) is 1.18. The normalized spacial score (nSPS) is 10.4. The molecule has 0 saturated heterocycles. The number of hydrogen-bond acceptors (Lipinski definition) is 1. The third kappa shape index (κ3) is 1.87. The molecule has 0 radical (unpaired) electrons. The van der Waals surface area contributed by atoms with Crippen molar-refractivity contribution in [3.63, 3.8) is 0 Å². The van der Waals surface area contributed by atoms with Crippen LogP contribution in [-0.4, -0.2) is 6.86 Å². The third-order valence-corrected chi connectivity index (χ3v) is 1.85. The second kappa shape index (κ2) is 4.51. The van der Waals surface area contributed by atoms with Crippen LogP contribution in [0, 0.1) is 23.3 Å². The first-order chi connectivity index (χ1) is 7.41. The lowest BCUT2D eigenvalue weighted by Gasteiger charge is -2.12. The van der Waals surface area contributed by atoms with Crippen LogP contribution in [-0.2, 0) is 0 Å². The van der Waals surface area contributed by atoms with Crippen LogP contribution >= 0.6 is 0 Å². The lowest BCUT2D eigenvalue weighted by molar-refractivity contribution is 0.179. The van der Waals surface area contributed by atoms with Gasteiger partial charge in [-0.2, -0.15) is 4.39 Å². The Morgan fingerprint density at radius 2 is 1.56 bits per heavy atom. The van der Waals surface area contributed by atoms with Crippen molar-refractivity contribution in [2.75, 3.05) is 6.86 Å². The van der Waals surface area contributed by atoms with Gasteiger partial charge in [0.25, 0.3) is 0 Å². The average molecular weight is 238 g/mol. The molecule has 1 nitrogen and oxygen atoms in total. The molecule has 0 saturated carbocycles. The van der Waals surface area contributed by atoms with E-state index in [1.165, 1.54) is 6.92 Å². The molecule has 1 aromatic rings. The molecule has 0 atom stereocenters. The van der Waals surface area contributed by atoms with Crippen LogP contribution < -0.4 is 4.74 Å². The lowest BCUT2D eigenvalue weighted by Crippen LogP contribution is -2.06. The van der Waals surface area contributed by atoms with Crippen molar-refractivity contribution < 1.29 is 26.7 Å². The van der Waals surface area contributed by atoms with Gasteiger partial charge in [0.05, 0.1) is 5.56 Å². The minimum absolute atomic E-state index is 0.112. The van der Waals surface area contributed by atoms with E-state index in [9.17, 15) is 22.0 Å². The quantitative estimate of drug-likeness (QED) is 0.444. The SMILES string of the molecule is C=C(C)c1c(F)c(F)c(F)c(F)c1OCF. The predicted molar refractivity (Wildman–Crippen MR) is 47.6 cm³/mol. The molecule has 0 aromatic heterocycles. The molecule has 0 unspecified atom stereocenters. The molecule has 0 spiro atoms. The Bertz CT molecular complexity index is 442. The Labute approximate surface area is 88.1 Å². The zero-order chi connectivity index (χ0) is 12.5. The molecule has 0 amide bonds. The minimum Gasteiger partial charge on any atom is -0.459 e. The zero-order valence-corrected chi connectivity index (χ0v) is 8.21. The number of benzene rings is 1. The average Bonchev–Trinajstić information content (AvgIpc) is 2.23. The highest BCUT2D eigenvalue weighted by molar-refractivity contribution is 5.68. The molecule has 0 aliphatic heterocycles. The number of allylic oxidation sites excluding steroid dienone is 1. The summed E-state index contributed by atoms with van der Waals surface area (Å²) in [7, 11) is 0. The summed E-state index contributed by atoms with van der Waals surface area (Å²) in [4.78, 5) is 0. The molecule has 6 heteroatoms. The Kier molecular flexibility index (Phi) is 3.51. The minimum atomic E-state index is -2.05. The van der Waals surface area contributed by atoms with E-state index in [0.29, 0.717) is 0 Å². The van der Waals surface area contributed by atoms with Gasteiger partial charge in [-0.3, -0.25) is 0 Å². The van der Waals surface area contributed by atoms with E-state index >= 15 is 0 Å². The first-order valence-corrected chi connectivity index (χ1v) is 4.12. The molecular weight excluding hydrogens is 231 g/mol. The van der Waals surface area contributed by atoms with Crippen LogP contribution in [0.25, 0.3) is 5.57 Å². The van der Waals surface area contributed by atoms with E-state index in [0.717, 1.165) is 0 Å². The number of ether oxygens (including phenoxy) is 1. The monoisotopic (exact) mass is 238 g/mol. The van der Waals surface area contributed by atoms with Crippen LogP contribution in [0.15, 0.2) is 6.58 Å². The molecule has 16 heavy (non-hydrogen) atoms. The Hall–Kier alpha value is -1.59. The van der Waals surface area contributed by atoms with Crippen LogP contribution in [0.2, 0.25) is 0 Å². The Morgan fingerprint density at radius 3 is 2.00 bits per heavy atom. The van der Waals surface area contributed by atoms with Crippen molar-refractivity contribution in [1.82, 2.24) is 0 Å². The van der Waals surface area contributed by atoms with Gasteiger partial charge in [0, 0.05) is 0 Å². The van der Waals surface area contributed by atoms with E-state index in [-0.39, 0.29) is 5.57 Å². The number of halogens is 5. The predicted octanol–water partition coefficient (Wildman–Crippen LogP) is 3.58. The highest BCUT2D eigenvalue weighted by atomic mass is 19.2. The standard InChI is InChI=1S/C10H7F5O/c1-4(2)5-6(12)7(13)8(14)9(15)10(5)16-3-11/h1,3H2,2H3. The Morgan fingerprint density at radius 1 is 1.06 bits per heavy atom. The molecule has 0 heterocycles. The van der Waals surface area contributed by atoms with Crippen molar-refractivity contribution >= 4 is 5.57 Å². The molecule has 1 rings (SSSR count). The summed E-state index contributed by atoms with van der Waals surface area (Å²) in [6.45, 7) is 2.97. The second-order valence-corrected chi connectivity index (χ2v) is 2.99. The van der Waals surface area contributed by atoms with Crippen molar-refractivity contribution in [2.24, 2.45) is 0 Å². The fraction of sp³-hybridized carbons (Fsp3) is 0.200. The van der Waals surface area contributed by atoms with E-state index in [1.807, 2.05) is 0 Å².